The lowest BCUT2D eigenvalue weighted by molar-refractivity contribution is 0.0722. The van der Waals surface area contributed by atoms with Crippen LogP contribution in [0.3, 0.4) is 0 Å². The number of aromatic amines is 1. The van der Waals surface area contributed by atoms with E-state index in [0.717, 1.165) is 45.2 Å². The number of aromatic nitrogens is 4. The highest BCUT2D eigenvalue weighted by Gasteiger charge is 2.33. The van der Waals surface area contributed by atoms with Crippen molar-refractivity contribution in [2.24, 2.45) is 0 Å². The Morgan fingerprint density at radius 3 is 2.62 bits per heavy atom. The van der Waals surface area contributed by atoms with Gasteiger partial charge in [-0.25, -0.2) is 18.4 Å². The number of nitrogens with one attached hydrogen (secondary N) is 1. The monoisotopic (exact) mass is 418 g/mol. The molecule has 4 heterocycles. The maximum Gasteiger partial charge on any atom is 0.257 e. The van der Waals surface area contributed by atoms with Crippen molar-refractivity contribution in [1.29, 1.82) is 0 Å². The first kappa shape index (κ1) is 20.0. The Kier molecular flexibility index (Phi) is 5.64. The van der Waals surface area contributed by atoms with Crippen molar-refractivity contribution in [3.8, 4) is 0 Å². The number of hydrogen-bond acceptors (Lipinski definition) is 6. The van der Waals surface area contributed by atoms with Gasteiger partial charge in [-0.3, -0.25) is 9.89 Å². The zero-order chi connectivity index (χ0) is 20.4. The molecule has 0 saturated carbocycles. The third-order valence-corrected chi connectivity index (χ3v) is 7.56. The van der Waals surface area contributed by atoms with Crippen LogP contribution in [0.2, 0.25) is 0 Å². The van der Waals surface area contributed by atoms with Gasteiger partial charge in [0.15, 0.2) is 0 Å². The van der Waals surface area contributed by atoms with E-state index in [9.17, 15) is 13.2 Å². The normalized spacial score (nSPS) is 21.3. The number of nitrogens with zero attached hydrogens (tertiary/aromatic N) is 5. The topological polar surface area (TPSA) is 112 Å². The second-order valence-electron chi connectivity index (χ2n) is 7.72. The summed E-state index contributed by atoms with van der Waals surface area (Å²) in [6.07, 6.45) is 9.10. The Balaban J connectivity index is 1.51. The molecule has 156 valence electrons. The molecule has 0 aliphatic carbocycles. The van der Waals surface area contributed by atoms with Gasteiger partial charge in [0.25, 0.3) is 5.91 Å². The summed E-state index contributed by atoms with van der Waals surface area (Å²) in [7, 11) is -3.58. The van der Waals surface area contributed by atoms with Crippen LogP contribution in [0.5, 0.6) is 0 Å². The number of rotatable bonds is 4. The molecule has 0 radical (unpaired) electrons. The Morgan fingerprint density at radius 1 is 1.14 bits per heavy atom. The second-order valence-corrected chi connectivity index (χ2v) is 9.65. The average Bonchev–Trinajstić information content (AvgIpc) is 3.30. The molecule has 0 unspecified atom stereocenters. The van der Waals surface area contributed by atoms with Gasteiger partial charge in [-0.05, 0) is 39.0 Å². The van der Waals surface area contributed by atoms with E-state index in [1.54, 1.807) is 6.20 Å². The highest BCUT2D eigenvalue weighted by atomic mass is 32.2. The molecule has 29 heavy (non-hydrogen) atoms. The number of piperidine rings is 2. The molecule has 0 bridgehead atoms. The fourth-order valence-corrected chi connectivity index (χ4v) is 5.49. The molecule has 0 aromatic carbocycles. The van der Waals surface area contributed by atoms with Gasteiger partial charge in [0.2, 0.25) is 10.0 Å². The molecule has 2 fully saturated rings. The predicted octanol–water partition coefficient (Wildman–Crippen LogP) is 1.70. The fourth-order valence-electron chi connectivity index (χ4n) is 4.06. The molecular formula is C19H26N6O3S. The molecule has 4 rings (SSSR count). The van der Waals surface area contributed by atoms with Gasteiger partial charge >= 0.3 is 0 Å². The van der Waals surface area contributed by atoms with Crippen LogP contribution in [0.4, 0.5) is 0 Å². The molecule has 1 amide bonds. The first-order chi connectivity index (χ1) is 14.0. The minimum absolute atomic E-state index is 0.0124. The third-order valence-electron chi connectivity index (χ3n) is 5.73. The van der Waals surface area contributed by atoms with E-state index < -0.39 is 10.0 Å². The highest BCUT2D eigenvalue weighted by molar-refractivity contribution is 7.89. The Morgan fingerprint density at radius 2 is 1.93 bits per heavy atom. The van der Waals surface area contributed by atoms with E-state index in [1.807, 2.05) is 11.8 Å². The van der Waals surface area contributed by atoms with Crippen molar-refractivity contribution in [2.75, 3.05) is 26.2 Å². The summed E-state index contributed by atoms with van der Waals surface area (Å²) in [5, 5.41) is 6.30. The number of hydrogen-bond donors (Lipinski definition) is 1. The Labute approximate surface area is 170 Å². The number of amides is 1. The van der Waals surface area contributed by atoms with Crippen molar-refractivity contribution in [3.63, 3.8) is 0 Å². The van der Waals surface area contributed by atoms with E-state index in [2.05, 4.69) is 20.2 Å². The maximum absolute atomic E-state index is 12.8. The van der Waals surface area contributed by atoms with Crippen molar-refractivity contribution < 1.29 is 13.2 Å². The first-order valence-corrected chi connectivity index (χ1v) is 11.5. The molecule has 1 atom stereocenters. The van der Waals surface area contributed by atoms with Gasteiger partial charge in [-0.2, -0.15) is 9.40 Å². The molecular weight excluding hydrogens is 392 g/mol. The zero-order valence-electron chi connectivity index (χ0n) is 16.5. The number of aryl methyl sites for hydroxylation is 1. The van der Waals surface area contributed by atoms with E-state index in [1.165, 1.54) is 16.7 Å². The molecule has 2 aliphatic heterocycles. The second kappa shape index (κ2) is 8.19. The van der Waals surface area contributed by atoms with Crippen LogP contribution < -0.4 is 0 Å². The lowest BCUT2D eigenvalue weighted by atomic mass is 9.98. The van der Waals surface area contributed by atoms with E-state index in [-0.39, 0.29) is 16.7 Å². The summed E-state index contributed by atoms with van der Waals surface area (Å²) in [6.45, 7) is 4.18. The van der Waals surface area contributed by atoms with Gasteiger partial charge in [0.05, 0.1) is 17.5 Å². The van der Waals surface area contributed by atoms with E-state index in [4.69, 9.17) is 0 Å². The largest absolute Gasteiger partial charge is 0.339 e. The average molecular weight is 419 g/mol. The van der Waals surface area contributed by atoms with Crippen LogP contribution in [0.15, 0.2) is 23.5 Å². The maximum atomic E-state index is 12.8. The predicted molar refractivity (Wildman–Crippen MR) is 106 cm³/mol. The van der Waals surface area contributed by atoms with E-state index in [0.29, 0.717) is 30.2 Å². The van der Waals surface area contributed by atoms with Gasteiger partial charge in [0, 0.05) is 44.5 Å². The fraction of sp³-hybridized carbons (Fsp3) is 0.579. The molecule has 2 aromatic heterocycles. The summed E-state index contributed by atoms with van der Waals surface area (Å²) in [5.41, 5.74) is 1.19. The van der Waals surface area contributed by atoms with Gasteiger partial charge < -0.3 is 4.90 Å². The van der Waals surface area contributed by atoms with Crippen molar-refractivity contribution >= 4 is 15.9 Å². The zero-order valence-corrected chi connectivity index (χ0v) is 17.4. The molecule has 2 aliphatic rings. The minimum atomic E-state index is -3.58. The summed E-state index contributed by atoms with van der Waals surface area (Å²) in [5.74, 6) is 0.495. The summed E-state index contributed by atoms with van der Waals surface area (Å²) >= 11 is 0. The van der Waals surface area contributed by atoms with Gasteiger partial charge in [-0.15, -0.1) is 0 Å². The Hall–Kier alpha value is -2.33. The highest BCUT2D eigenvalue weighted by Crippen LogP contribution is 2.29. The number of likely N-dealkylation sites (tertiary alicyclic amines) is 1. The van der Waals surface area contributed by atoms with Crippen molar-refractivity contribution in [3.05, 3.63) is 35.7 Å². The lowest BCUT2D eigenvalue weighted by Crippen LogP contribution is -2.39. The van der Waals surface area contributed by atoms with Crippen LogP contribution in [0, 0.1) is 6.92 Å². The molecule has 0 spiro atoms. The first-order valence-electron chi connectivity index (χ1n) is 10.1. The molecule has 1 N–H and O–H groups in total. The summed E-state index contributed by atoms with van der Waals surface area (Å²) < 4.78 is 27.0. The number of carbonyl (C=O) groups excluding carboxylic acids is 1. The quantitative estimate of drug-likeness (QED) is 0.809. The number of H-pyrrole nitrogens is 1. The van der Waals surface area contributed by atoms with Crippen LogP contribution >= 0.6 is 0 Å². The molecule has 9 nitrogen and oxygen atoms in total. The minimum Gasteiger partial charge on any atom is -0.339 e. The summed E-state index contributed by atoms with van der Waals surface area (Å²) in [6, 6.07) is 0. The lowest BCUT2D eigenvalue weighted by Gasteiger charge is -2.31. The van der Waals surface area contributed by atoms with Crippen LogP contribution in [-0.4, -0.2) is 69.9 Å². The summed E-state index contributed by atoms with van der Waals surface area (Å²) in [4.78, 5) is 23.9. The molecule has 2 saturated heterocycles. The Bertz CT molecular complexity index is 970. The SMILES string of the molecule is Cc1nc([C@H]2CCCN(S(=O)(=O)c3cn[nH]c3)C2)ncc1C(=O)N1CCCCC1. The van der Waals surface area contributed by atoms with Crippen molar-refractivity contribution in [2.45, 2.75) is 49.8 Å². The smallest absolute Gasteiger partial charge is 0.257 e. The van der Waals surface area contributed by atoms with Crippen LogP contribution in [-0.2, 0) is 10.0 Å². The van der Waals surface area contributed by atoms with Crippen molar-refractivity contribution in [1.82, 2.24) is 29.4 Å². The number of carbonyl (C=O) groups is 1. The molecule has 10 heteroatoms. The van der Waals surface area contributed by atoms with Crippen LogP contribution in [0.1, 0.15) is 59.9 Å². The van der Waals surface area contributed by atoms with E-state index >= 15 is 0 Å². The molecule has 2 aromatic rings. The van der Waals surface area contributed by atoms with Gasteiger partial charge in [0.1, 0.15) is 10.7 Å². The standard InChI is InChI=1S/C19H26N6O3S/c1-14-17(19(26)24-7-3-2-4-8-24)12-20-18(23-14)15-6-5-9-25(13-15)29(27,28)16-10-21-22-11-16/h10-12,15H,2-9,13H2,1H3,(H,21,22)/t15-/m0/s1. The van der Waals surface area contributed by atoms with Gasteiger partial charge in [-0.1, -0.05) is 0 Å². The third kappa shape index (κ3) is 4.04. The number of sulfonamides is 1. The van der Waals surface area contributed by atoms with Crippen LogP contribution in [0.25, 0.3) is 0 Å².